The zero-order chi connectivity index (χ0) is 13.1. The normalized spacial score (nSPS) is 11.9. The summed E-state index contributed by atoms with van der Waals surface area (Å²) in [5.74, 6) is 0. The molecular formula is C13H13ClN4. The van der Waals surface area contributed by atoms with E-state index < -0.39 is 0 Å². The van der Waals surface area contributed by atoms with Crippen molar-refractivity contribution in [2.75, 3.05) is 5.32 Å². The van der Waals surface area contributed by atoms with Crippen LogP contribution >= 0.6 is 11.6 Å². The first kappa shape index (κ1) is 12.5. The van der Waals surface area contributed by atoms with Crippen molar-refractivity contribution in [1.82, 2.24) is 9.78 Å². The van der Waals surface area contributed by atoms with Gasteiger partial charge in [-0.25, -0.2) is 0 Å². The molecule has 4 nitrogen and oxygen atoms in total. The number of nitriles is 1. The molecule has 0 amide bonds. The fourth-order valence-corrected chi connectivity index (χ4v) is 1.92. The molecule has 2 aromatic rings. The molecule has 1 aromatic carbocycles. The van der Waals surface area contributed by atoms with Gasteiger partial charge in [0, 0.05) is 24.5 Å². The molecule has 0 bridgehead atoms. The summed E-state index contributed by atoms with van der Waals surface area (Å²) in [5, 5.41) is 16.7. The maximum absolute atomic E-state index is 8.81. The molecule has 92 valence electrons. The van der Waals surface area contributed by atoms with Crippen LogP contribution in [0.1, 0.15) is 24.1 Å². The lowest BCUT2D eigenvalue weighted by molar-refractivity contribution is 0.765. The number of rotatable bonds is 3. The van der Waals surface area contributed by atoms with Gasteiger partial charge in [0.25, 0.3) is 0 Å². The molecule has 0 saturated heterocycles. The van der Waals surface area contributed by atoms with E-state index in [-0.39, 0.29) is 6.04 Å². The number of benzene rings is 1. The number of aromatic nitrogens is 2. The number of anilines is 1. The van der Waals surface area contributed by atoms with E-state index in [1.165, 1.54) is 0 Å². The highest BCUT2D eigenvalue weighted by Gasteiger charge is 2.08. The Kier molecular flexibility index (Phi) is 3.54. The molecule has 0 spiro atoms. The Morgan fingerprint density at radius 3 is 2.83 bits per heavy atom. The van der Waals surface area contributed by atoms with Gasteiger partial charge in [-0.1, -0.05) is 11.6 Å². The highest BCUT2D eigenvalue weighted by molar-refractivity contribution is 6.32. The molecule has 2 rings (SSSR count). The highest BCUT2D eigenvalue weighted by Crippen LogP contribution is 2.23. The Labute approximate surface area is 111 Å². The summed E-state index contributed by atoms with van der Waals surface area (Å²) in [7, 11) is 1.88. The van der Waals surface area contributed by atoms with Gasteiger partial charge >= 0.3 is 0 Å². The van der Waals surface area contributed by atoms with Gasteiger partial charge in [0.15, 0.2) is 0 Å². The van der Waals surface area contributed by atoms with E-state index in [4.69, 9.17) is 16.9 Å². The number of nitrogens with zero attached hydrogens (tertiary/aromatic N) is 3. The maximum Gasteiger partial charge on any atom is 0.101 e. The minimum atomic E-state index is 0.128. The minimum absolute atomic E-state index is 0.128. The molecular weight excluding hydrogens is 248 g/mol. The van der Waals surface area contributed by atoms with Crippen LogP contribution in [-0.4, -0.2) is 9.78 Å². The fourth-order valence-electron chi connectivity index (χ4n) is 1.69. The summed E-state index contributed by atoms with van der Waals surface area (Å²) < 4.78 is 1.76. The Hall–Kier alpha value is -1.99. The van der Waals surface area contributed by atoms with Crippen LogP contribution < -0.4 is 5.32 Å². The Morgan fingerprint density at radius 1 is 1.50 bits per heavy atom. The number of nitrogens with one attached hydrogen (secondary N) is 1. The standard InChI is InChI=1S/C13H13ClN4/c1-9(11-7-16-18(2)8-11)17-12-4-3-10(6-15)13(14)5-12/h3-5,7-9,17H,1-2H3. The monoisotopic (exact) mass is 260 g/mol. The lowest BCUT2D eigenvalue weighted by atomic mass is 10.1. The van der Waals surface area contributed by atoms with E-state index in [9.17, 15) is 0 Å². The van der Waals surface area contributed by atoms with Gasteiger partial charge in [0.1, 0.15) is 6.07 Å². The average molecular weight is 261 g/mol. The first-order valence-corrected chi connectivity index (χ1v) is 5.92. The van der Waals surface area contributed by atoms with E-state index in [1.54, 1.807) is 16.8 Å². The lowest BCUT2D eigenvalue weighted by Gasteiger charge is -2.14. The van der Waals surface area contributed by atoms with Crippen molar-refractivity contribution in [3.8, 4) is 6.07 Å². The van der Waals surface area contributed by atoms with Gasteiger partial charge in [-0.15, -0.1) is 0 Å². The van der Waals surface area contributed by atoms with Crippen molar-refractivity contribution in [1.29, 1.82) is 5.26 Å². The molecule has 0 aliphatic carbocycles. The van der Waals surface area contributed by atoms with Crippen LogP contribution in [0, 0.1) is 11.3 Å². The molecule has 0 saturated carbocycles. The van der Waals surface area contributed by atoms with Crippen molar-refractivity contribution in [2.24, 2.45) is 7.05 Å². The molecule has 5 heteroatoms. The van der Waals surface area contributed by atoms with E-state index in [2.05, 4.69) is 10.4 Å². The summed E-state index contributed by atoms with van der Waals surface area (Å²) in [5.41, 5.74) is 2.46. The van der Waals surface area contributed by atoms with Crippen molar-refractivity contribution in [3.63, 3.8) is 0 Å². The van der Waals surface area contributed by atoms with Gasteiger partial charge in [-0.05, 0) is 25.1 Å². The fraction of sp³-hybridized carbons (Fsp3) is 0.231. The van der Waals surface area contributed by atoms with Gasteiger partial charge in [0.05, 0.1) is 22.8 Å². The summed E-state index contributed by atoms with van der Waals surface area (Å²) in [6.07, 6.45) is 3.78. The average Bonchev–Trinajstić information content (AvgIpc) is 2.76. The third kappa shape index (κ3) is 2.63. The van der Waals surface area contributed by atoms with E-state index in [0.29, 0.717) is 10.6 Å². The number of aryl methyl sites for hydroxylation is 1. The maximum atomic E-state index is 8.81. The zero-order valence-electron chi connectivity index (χ0n) is 10.2. The van der Waals surface area contributed by atoms with Gasteiger partial charge in [0.2, 0.25) is 0 Å². The molecule has 1 N–H and O–H groups in total. The van der Waals surface area contributed by atoms with Crippen LogP contribution in [0.3, 0.4) is 0 Å². The summed E-state index contributed by atoms with van der Waals surface area (Å²) >= 11 is 5.98. The van der Waals surface area contributed by atoms with E-state index in [0.717, 1.165) is 11.3 Å². The summed E-state index contributed by atoms with van der Waals surface area (Å²) in [6, 6.07) is 7.48. The number of hydrogen-bond donors (Lipinski definition) is 1. The van der Waals surface area contributed by atoms with Crippen LogP contribution in [0.4, 0.5) is 5.69 Å². The molecule has 0 radical (unpaired) electrons. The van der Waals surface area contributed by atoms with Crippen molar-refractivity contribution in [3.05, 3.63) is 46.7 Å². The second-order valence-electron chi connectivity index (χ2n) is 4.12. The van der Waals surface area contributed by atoms with Crippen molar-refractivity contribution < 1.29 is 0 Å². The smallest absolute Gasteiger partial charge is 0.101 e. The van der Waals surface area contributed by atoms with E-state index in [1.807, 2.05) is 38.5 Å². The second kappa shape index (κ2) is 5.11. The molecule has 0 fully saturated rings. The van der Waals surface area contributed by atoms with Crippen LogP contribution in [-0.2, 0) is 7.05 Å². The first-order valence-electron chi connectivity index (χ1n) is 5.55. The van der Waals surface area contributed by atoms with Crippen LogP contribution in [0.5, 0.6) is 0 Å². The molecule has 1 atom stereocenters. The third-order valence-electron chi connectivity index (χ3n) is 2.70. The Balaban J connectivity index is 2.15. The third-order valence-corrected chi connectivity index (χ3v) is 3.01. The van der Waals surface area contributed by atoms with Gasteiger partial charge < -0.3 is 5.32 Å². The molecule has 0 aliphatic heterocycles. The Bertz CT molecular complexity index is 597. The molecule has 1 unspecified atom stereocenters. The van der Waals surface area contributed by atoms with Crippen LogP contribution in [0.2, 0.25) is 5.02 Å². The first-order chi connectivity index (χ1) is 8.60. The Morgan fingerprint density at radius 2 is 2.28 bits per heavy atom. The van der Waals surface area contributed by atoms with Crippen molar-refractivity contribution >= 4 is 17.3 Å². The highest BCUT2D eigenvalue weighted by atomic mass is 35.5. The molecule has 18 heavy (non-hydrogen) atoms. The molecule has 0 aliphatic rings. The van der Waals surface area contributed by atoms with E-state index >= 15 is 0 Å². The predicted molar refractivity (Wildman–Crippen MR) is 71.4 cm³/mol. The van der Waals surface area contributed by atoms with Gasteiger partial charge in [-0.2, -0.15) is 10.4 Å². The summed E-state index contributed by atoms with van der Waals surface area (Å²) in [6.45, 7) is 2.04. The lowest BCUT2D eigenvalue weighted by Crippen LogP contribution is -2.05. The van der Waals surface area contributed by atoms with Gasteiger partial charge in [-0.3, -0.25) is 4.68 Å². The quantitative estimate of drug-likeness (QED) is 0.923. The largest absolute Gasteiger partial charge is 0.378 e. The summed E-state index contributed by atoms with van der Waals surface area (Å²) in [4.78, 5) is 0. The predicted octanol–water partition coefficient (Wildman–Crippen LogP) is 3.12. The second-order valence-corrected chi connectivity index (χ2v) is 4.53. The van der Waals surface area contributed by atoms with Crippen LogP contribution in [0.25, 0.3) is 0 Å². The van der Waals surface area contributed by atoms with Crippen LogP contribution in [0.15, 0.2) is 30.6 Å². The topological polar surface area (TPSA) is 53.6 Å². The SMILES string of the molecule is CC(Nc1ccc(C#N)c(Cl)c1)c1cnn(C)c1. The van der Waals surface area contributed by atoms with Crippen molar-refractivity contribution in [2.45, 2.75) is 13.0 Å². The minimum Gasteiger partial charge on any atom is -0.378 e. The number of halogens is 1. The number of hydrogen-bond acceptors (Lipinski definition) is 3. The molecule has 1 heterocycles. The zero-order valence-corrected chi connectivity index (χ0v) is 10.9. The molecule has 1 aromatic heterocycles.